The molecule has 1 atom stereocenters. The summed E-state index contributed by atoms with van der Waals surface area (Å²) in [6, 6.07) is 9.59. The van der Waals surface area contributed by atoms with Crippen molar-refractivity contribution in [1.29, 1.82) is 5.26 Å². The highest BCUT2D eigenvalue weighted by Gasteiger charge is 2.34. The summed E-state index contributed by atoms with van der Waals surface area (Å²) in [5.74, 6) is -0.262. The zero-order chi connectivity index (χ0) is 17.6. The van der Waals surface area contributed by atoms with Crippen molar-refractivity contribution in [3.05, 3.63) is 30.3 Å². The highest BCUT2D eigenvalue weighted by molar-refractivity contribution is 7.92. The fraction of sp³-hybridized carbons (Fsp3) is 0.500. The molecule has 6 nitrogen and oxygen atoms in total. The van der Waals surface area contributed by atoms with Gasteiger partial charge in [-0.1, -0.05) is 32.0 Å². The fourth-order valence-corrected chi connectivity index (χ4v) is 3.50. The van der Waals surface area contributed by atoms with E-state index >= 15 is 0 Å². The molecule has 1 amide bonds. The molecule has 0 bridgehead atoms. The molecule has 0 aromatic heterocycles. The first-order valence-corrected chi connectivity index (χ1v) is 9.19. The molecule has 0 saturated carbocycles. The number of anilines is 1. The Morgan fingerprint density at radius 3 is 2.26 bits per heavy atom. The maximum absolute atomic E-state index is 12.7. The van der Waals surface area contributed by atoms with Crippen LogP contribution in [0.1, 0.15) is 20.3 Å². The second-order valence-electron chi connectivity index (χ2n) is 5.89. The molecule has 1 aromatic carbocycles. The number of nitriles is 1. The minimum absolute atomic E-state index is 0.0835. The lowest BCUT2D eigenvalue weighted by Gasteiger charge is -2.33. The smallest absolute Gasteiger partial charge is 0.247 e. The van der Waals surface area contributed by atoms with Gasteiger partial charge in [-0.2, -0.15) is 5.26 Å². The molecular weight excluding hydrogens is 314 g/mol. The Morgan fingerprint density at radius 2 is 1.83 bits per heavy atom. The second-order valence-corrected chi connectivity index (χ2v) is 7.75. The van der Waals surface area contributed by atoms with Crippen molar-refractivity contribution < 1.29 is 13.2 Å². The van der Waals surface area contributed by atoms with Crippen molar-refractivity contribution in [2.75, 3.05) is 24.2 Å². The Bertz CT molecular complexity index is 666. The summed E-state index contributed by atoms with van der Waals surface area (Å²) in [6.07, 6.45) is 1.46. The van der Waals surface area contributed by atoms with Crippen molar-refractivity contribution >= 4 is 21.6 Å². The van der Waals surface area contributed by atoms with Gasteiger partial charge in [0.15, 0.2) is 0 Å². The monoisotopic (exact) mass is 337 g/mol. The van der Waals surface area contributed by atoms with Crippen molar-refractivity contribution in [3.63, 3.8) is 0 Å². The molecule has 1 aromatic rings. The highest BCUT2D eigenvalue weighted by atomic mass is 32.2. The maximum atomic E-state index is 12.7. The van der Waals surface area contributed by atoms with Gasteiger partial charge in [-0.05, 0) is 24.5 Å². The summed E-state index contributed by atoms with van der Waals surface area (Å²) < 4.78 is 25.8. The number of amides is 1. The number of hydrogen-bond donors (Lipinski definition) is 0. The van der Waals surface area contributed by atoms with Crippen LogP contribution in [-0.4, -0.2) is 45.1 Å². The lowest BCUT2D eigenvalue weighted by atomic mass is 10.0. The van der Waals surface area contributed by atoms with Crippen LogP contribution in [0.4, 0.5) is 5.69 Å². The van der Waals surface area contributed by atoms with Gasteiger partial charge in [0.1, 0.15) is 12.6 Å². The van der Waals surface area contributed by atoms with Gasteiger partial charge in [0.25, 0.3) is 0 Å². The molecule has 0 saturated heterocycles. The first-order chi connectivity index (χ1) is 10.7. The van der Waals surface area contributed by atoms with E-state index in [0.29, 0.717) is 12.1 Å². The second kappa shape index (κ2) is 7.97. The van der Waals surface area contributed by atoms with E-state index in [1.54, 1.807) is 30.3 Å². The standard InChI is InChI=1S/C16H23N3O3S/c1-13(2)12-15(16(20)18(3)11-10-17)19(23(4,21)22)14-8-6-5-7-9-14/h5-9,13,15H,11-12H2,1-4H3/t15-/m0/s1. The Kier molecular flexibility index (Phi) is 6.58. The highest BCUT2D eigenvalue weighted by Crippen LogP contribution is 2.25. The molecule has 126 valence electrons. The van der Waals surface area contributed by atoms with Gasteiger partial charge < -0.3 is 4.90 Å². The first kappa shape index (κ1) is 19.0. The maximum Gasteiger partial charge on any atom is 0.247 e. The number of benzene rings is 1. The van der Waals surface area contributed by atoms with Crippen molar-refractivity contribution in [2.45, 2.75) is 26.3 Å². The van der Waals surface area contributed by atoms with Crippen LogP contribution in [0.15, 0.2) is 30.3 Å². The average Bonchev–Trinajstić information content (AvgIpc) is 2.45. The van der Waals surface area contributed by atoms with Gasteiger partial charge in [-0.3, -0.25) is 9.10 Å². The summed E-state index contributed by atoms with van der Waals surface area (Å²) in [5.41, 5.74) is 0.444. The lowest BCUT2D eigenvalue weighted by Crippen LogP contribution is -2.50. The summed E-state index contributed by atoms with van der Waals surface area (Å²) >= 11 is 0. The molecular formula is C16H23N3O3S. The first-order valence-electron chi connectivity index (χ1n) is 7.34. The summed E-state index contributed by atoms with van der Waals surface area (Å²) in [6.45, 7) is 3.77. The molecule has 0 aliphatic rings. The topological polar surface area (TPSA) is 81.5 Å². The van der Waals surface area contributed by atoms with Gasteiger partial charge in [0.2, 0.25) is 15.9 Å². The number of nitrogens with zero attached hydrogens (tertiary/aromatic N) is 3. The minimum Gasteiger partial charge on any atom is -0.331 e. The third-order valence-corrected chi connectivity index (χ3v) is 4.49. The van der Waals surface area contributed by atoms with Crippen LogP contribution in [0.5, 0.6) is 0 Å². The quantitative estimate of drug-likeness (QED) is 0.711. The predicted molar refractivity (Wildman–Crippen MR) is 90.3 cm³/mol. The number of para-hydroxylation sites is 1. The molecule has 0 aliphatic heterocycles. The average molecular weight is 337 g/mol. The van der Waals surface area contributed by atoms with E-state index in [4.69, 9.17) is 5.26 Å². The van der Waals surface area contributed by atoms with E-state index in [1.165, 1.54) is 11.9 Å². The van der Waals surface area contributed by atoms with Gasteiger partial charge in [-0.15, -0.1) is 0 Å². The largest absolute Gasteiger partial charge is 0.331 e. The van der Waals surface area contributed by atoms with Gasteiger partial charge in [0.05, 0.1) is 18.0 Å². The number of likely N-dealkylation sites (N-methyl/N-ethyl adjacent to an activating group) is 1. The van der Waals surface area contributed by atoms with Crippen LogP contribution in [-0.2, 0) is 14.8 Å². The van der Waals surface area contributed by atoms with Crippen molar-refractivity contribution in [2.24, 2.45) is 5.92 Å². The molecule has 0 heterocycles. The molecule has 0 N–H and O–H groups in total. The Labute approximate surface area is 138 Å². The van der Waals surface area contributed by atoms with E-state index < -0.39 is 16.1 Å². The molecule has 23 heavy (non-hydrogen) atoms. The molecule has 1 rings (SSSR count). The SMILES string of the molecule is CC(C)C[C@@H](C(=O)N(C)CC#N)N(c1ccccc1)S(C)(=O)=O. The van der Waals surface area contributed by atoms with Crippen LogP contribution in [0.2, 0.25) is 0 Å². The van der Waals surface area contributed by atoms with Crippen LogP contribution in [0.3, 0.4) is 0 Å². The molecule has 0 spiro atoms. The van der Waals surface area contributed by atoms with Gasteiger partial charge in [-0.25, -0.2) is 8.42 Å². The van der Waals surface area contributed by atoms with E-state index in [2.05, 4.69) is 0 Å². The van der Waals surface area contributed by atoms with E-state index in [1.807, 2.05) is 19.9 Å². The van der Waals surface area contributed by atoms with Crippen LogP contribution < -0.4 is 4.31 Å². The summed E-state index contributed by atoms with van der Waals surface area (Å²) in [5, 5.41) is 8.79. The Hall–Kier alpha value is -2.07. The number of sulfonamides is 1. The molecule has 0 aliphatic carbocycles. The molecule has 0 unspecified atom stereocenters. The zero-order valence-electron chi connectivity index (χ0n) is 13.9. The normalized spacial score (nSPS) is 12.5. The molecule has 7 heteroatoms. The Morgan fingerprint density at radius 1 is 1.26 bits per heavy atom. The lowest BCUT2D eigenvalue weighted by molar-refractivity contribution is -0.130. The van der Waals surface area contributed by atoms with Crippen LogP contribution >= 0.6 is 0 Å². The third-order valence-electron chi connectivity index (χ3n) is 3.31. The fourth-order valence-electron chi connectivity index (χ4n) is 2.36. The number of carbonyl (C=O) groups excluding carboxylic acids is 1. The van der Waals surface area contributed by atoms with Gasteiger partial charge >= 0.3 is 0 Å². The summed E-state index contributed by atoms with van der Waals surface area (Å²) in [4.78, 5) is 14.0. The third kappa shape index (κ3) is 5.25. The zero-order valence-corrected chi connectivity index (χ0v) is 14.7. The predicted octanol–water partition coefficient (Wildman–Crippen LogP) is 1.85. The van der Waals surface area contributed by atoms with Crippen molar-refractivity contribution in [1.82, 2.24) is 4.90 Å². The van der Waals surface area contributed by atoms with Crippen LogP contribution in [0.25, 0.3) is 0 Å². The Balaban J connectivity index is 3.35. The van der Waals surface area contributed by atoms with Crippen LogP contribution in [0, 0.1) is 17.2 Å². The number of hydrogen-bond acceptors (Lipinski definition) is 4. The van der Waals surface area contributed by atoms with Gasteiger partial charge in [0, 0.05) is 7.05 Å². The van der Waals surface area contributed by atoms with E-state index in [9.17, 15) is 13.2 Å². The number of carbonyl (C=O) groups is 1. The van der Waals surface area contributed by atoms with Crippen molar-refractivity contribution in [3.8, 4) is 6.07 Å². The number of rotatable bonds is 7. The molecule has 0 fully saturated rings. The van der Waals surface area contributed by atoms with E-state index in [0.717, 1.165) is 10.6 Å². The molecule has 0 radical (unpaired) electrons. The van der Waals surface area contributed by atoms with E-state index in [-0.39, 0.29) is 18.4 Å². The minimum atomic E-state index is -3.65. The summed E-state index contributed by atoms with van der Waals surface area (Å²) in [7, 11) is -2.15.